The Morgan fingerprint density at radius 2 is 2.00 bits per heavy atom. The number of benzene rings is 1. The van der Waals surface area contributed by atoms with Gasteiger partial charge in [-0.25, -0.2) is 4.39 Å². The summed E-state index contributed by atoms with van der Waals surface area (Å²) in [7, 11) is 0. The molecule has 1 amide bonds. The Labute approximate surface area is 103 Å². The van der Waals surface area contributed by atoms with E-state index >= 15 is 0 Å². The second-order valence-corrected chi connectivity index (χ2v) is 3.94. The molecule has 0 saturated carbocycles. The summed E-state index contributed by atoms with van der Waals surface area (Å²) >= 11 is 0. The molecule has 2 rings (SSSR count). The first-order valence-corrected chi connectivity index (χ1v) is 5.40. The molecule has 1 unspecified atom stereocenters. The Balaban J connectivity index is 2.15. The van der Waals surface area contributed by atoms with Crippen molar-refractivity contribution in [2.75, 3.05) is 0 Å². The maximum Gasteiger partial charge on any atom is 0.236 e. The Hall–Kier alpha value is -2.21. The van der Waals surface area contributed by atoms with Gasteiger partial charge in [0.05, 0.1) is 12.2 Å². The quantitative estimate of drug-likeness (QED) is 0.826. The van der Waals surface area contributed by atoms with E-state index in [4.69, 9.17) is 11.5 Å². The van der Waals surface area contributed by atoms with Gasteiger partial charge in [-0.15, -0.1) is 0 Å². The van der Waals surface area contributed by atoms with Gasteiger partial charge in [0, 0.05) is 11.8 Å². The van der Waals surface area contributed by atoms with E-state index in [0.717, 1.165) is 5.56 Å². The van der Waals surface area contributed by atoms with Crippen molar-refractivity contribution < 1.29 is 9.18 Å². The van der Waals surface area contributed by atoms with Crippen molar-refractivity contribution >= 4 is 5.91 Å². The number of amides is 1. The van der Waals surface area contributed by atoms with Crippen LogP contribution in [0.1, 0.15) is 0 Å². The minimum atomic E-state index is -0.772. The number of primary amides is 1. The van der Waals surface area contributed by atoms with E-state index in [2.05, 4.69) is 5.10 Å². The van der Waals surface area contributed by atoms with Crippen LogP contribution in [0.15, 0.2) is 36.5 Å². The number of carbonyl (C=O) groups excluding carboxylic acids is 1. The molecule has 94 valence electrons. The largest absolute Gasteiger partial charge is 0.368 e. The number of rotatable bonds is 4. The summed E-state index contributed by atoms with van der Waals surface area (Å²) in [5, 5.41) is 4.24. The van der Waals surface area contributed by atoms with Crippen molar-refractivity contribution in [3.05, 3.63) is 42.3 Å². The minimum Gasteiger partial charge on any atom is -0.368 e. The SMILES string of the molecule is NC(=O)C(N)Cn1ccc(-c2ccc(F)cc2)n1. The van der Waals surface area contributed by atoms with Gasteiger partial charge < -0.3 is 11.5 Å². The number of hydrogen-bond acceptors (Lipinski definition) is 3. The van der Waals surface area contributed by atoms with Gasteiger partial charge in [0.15, 0.2) is 0 Å². The second-order valence-electron chi connectivity index (χ2n) is 3.94. The summed E-state index contributed by atoms with van der Waals surface area (Å²) in [6.07, 6.45) is 1.70. The Morgan fingerprint density at radius 3 is 2.61 bits per heavy atom. The fourth-order valence-corrected chi connectivity index (χ4v) is 1.53. The first kappa shape index (κ1) is 12.3. The molecule has 5 nitrogen and oxygen atoms in total. The number of hydrogen-bond donors (Lipinski definition) is 2. The summed E-state index contributed by atoms with van der Waals surface area (Å²) in [5.74, 6) is -0.872. The van der Waals surface area contributed by atoms with Crippen LogP contribution < -0.4 is 11.5 Å². The van der Waals surface area contributed by atoms with Crippen molar-refractivity contribution in [2.24, 2.45) is 11.5 Å². The molecule has 18 heavy (non-hydrogen) atoms. The standard InChI is InChI=1S/C12H13FN4O/c13-9-3-1-8(2-4-9)11-5-6-17(16-11)7-10(14)12(15)18/h1-6,10H,7,14H2,(H2,15,18). The van der Waals surface area contributed by atoms with Crippen molar-refractivity contribution in [3.63, 3.8) is 0 Å². The highest BCUT2D eigenvalue weighted by molar-refractivity contribution is 5.79. The molecule has 0 spiro atoms. The number of halogens is 1. The van der Waals surface area contributed by atoms with Crippen LogP contribution in [-0.2, 0) is 11.3 Å². The maximum atomic E-state index is 12.8. The molecule has 1 atom stereocenters. The van der Waals surface area contributed by atoms with E-state index in [-0.39, 0.29) is 12.4 Å². The fourth-order valence-electron chi connectivity index (χ4n) is 1.53. The van der Waals surface area contributed by atoms with Crippen LogP contribution in [-0.4, -0.2) is 21.7 Å². The molecule has 1 heterocycles. The Morgan fingerprint density at radius 1 is 1.33 bits per heavy atom. The molecule has 0 radical (unpaired) electrons. The van der Waals surface area contributed by atoms with Gasteiger partial charge in [0.25, 0.3) is 0 Å². The molecule has 1 aromatic heterocycles. The molecule has 1 aromatic carbocycles. The van der Waals surface area contributed by atoms with Gasteiger partial charge in [0.1, 0.15) is 11.9 Å². The number of aromatic nitrogens is 2. The van der Waals surface area contributed by atoms with Crippen LogP contribution in [0.5, 0.6) is 0 Å². The molecule has 6 heteroatoms. The highest BCUT2D eigenvalue weighted by atomic mass is 19.1. The number of carbonyl (C=O) groups is 1. The lowest BCUT2D eigenvalue weighted by Crippen LogP contribution is -2.39. The normalized spacial score (nSPS) is 12.3. The van der Waals surface area contributed by atoms with Gasteiger partial charge in [-0.05, 0) is 30.3 Å². The van der Waals surface area contributed by atoms with Crippen molar-refractivity contribution in [1.29, 1.82) is 0 Å². The molecule has 0 bridgehead atoms. The molecule has 0 aliphatic heterocycles. The van der Waals surface area contributed by atoms with Crippen LogP contribution in [0, 0.1) is 5.82 Å². The zero-order valence-electron chi connectivity index (χ0n) is 9.58. The van der Waals surface area contributed by atoms with E-state index in [9.17, 15) is 9.18 Å². The molecule has 2 aromatic rings. The predicted molar refractivity (Wildman–Crippen MR) is 64.8 cm³/mol. The van der Waals surface area contributed by atoms with Crippen molar-refractivity contribution in [2.45, 2.75) is 12.6 Å². The van der Waals surface area contributed by atoms with Crippen LogP contribution in [0.25, 0.3) is 11.3 Å². The smallest absolute Gasteiger partial charge is 0.236 e. The summed E-state index contributed by atoms with van der Waals surface area (Å²) in [4.78, 5) is 10.8. The zero-order chi connectivity index (χ0) is 13.1. The molecule has 0 aliphatic rings. The van der Waals surface area contributed by atoms with Crippen LogP contribution in [0.3, 0.4) is 0 Å². The number of nitrogens with zero attached hydrogens (tertiary/aromatic N) is 2. The van der Waals surface area contributed by atoms with Crippen LogP contribution in [0.2, 0.25) is 0 Å². The first-order chi connectivity index (χ1) is 8.56. The van der Waals surface area contributed by atoms with E-state index in [1.807, 2.05) is 0 Å². The van der Waals surface area contributed by atoms with E-state index in [1.165, 1.54) is 16.8 Å². The Bertz CT molecular complexity index is 549. The summed E-state index contributed by atoms with van der Waals surface area (Å²) in [5.41, 5.74) is 12.1. The Kier molecular flexibility index (Phi) is 3.38. The lowest BCUT2D eigenvalue weighted by molar-refractivity contribution is -0.119. The highest BCUT2D eigenvalue weighted by Gasteiger charge is 2.11. The lowest BCUT2D eigenvalue weighted by Gasteiger charge is -2.06. The fraction of sp³-hybridized carbons (Fsp3) is 0.167. The average molecular weight is 248 g/mol. The van der Waals surface area contributed by atoms with E-state index in [1.54, 1.807) is 24.4 Å². The van der Waals surface area contributed by atoms with Gasteiger partial charge in [0.2, 0.25) is 5.91 Å². The third-order valence-corrected chi connectivity index (χ3v) is 2.53. The summed E-state index contributed by atoms with van der Waals surface area (Å²) in [6, 6.07) is 6.99. The van der Waals surface area contributed by atoms with Crippen LogP contribution in [0.4, 0.5) is 4.39 Å². The molecule has 0 aliphatic carbocycles. The molecular formula is C12H13FN4O. The molecule has 0 saturated heterocycles. The van der Waals surface area contributed by atoms with Gasteiger partial charge in [-0.3, -0.25) is 9.48 Å². The summed E-state index contributed by atoms with van der Waals surface area (Å²) < 4.78 is 14.3. The maximum absolute atomic E-state index is 12.8. The summed E-state index contributed by atoms with van der Waals surface area (Å²) in [6.45, 7) is 0.219. The zero-order valence-corrected chi connectivity index (χ0v) is 9.58. The van der Waals surface area contributed by atoms with Crippen molar-refractivity contribution in [1.82, 2.24) is 9.78 Å². The monoisotopic (exact) mass is 248 g/mol. The average Bonchev–Trinajstić information content (AvgIpc) is 2.78. The predicted octanol–water partition coefficient (Wildman–Crippen LogP) is 0.502. The van der Waals surface area contributed by atoms with Crippen LogP contribution >= 0.6 is 0 Å². The van der Waals surface area contributed by atoms with E-state index < -0.39 is 11.9 Å². The van der Waals surface area contributed by atoms with Gasteiger partial charge >= 0.3 is 0 Å². The van der Waals surface area contributed by atoms with Gasteiger partial charge in [-0.1, -0.05) is 0 Å². The molecule has 0 fully saturated rings. The van der Waals surface area contributed by atoms with Gasteiger partial charge in [-0.2, -0.15) is 5.10 Å². The molecule has 4 N–H and O–H groups in total. The van der Waals surface area contributed by atoms with E-state index in [0.29, 0.717) is 5.69 Å². The third-order valence-electron chi connectivity index (χ3n) is 2.53. The molecular weight excluding hydrogens is 235 g/mol. The topological polar surface area (TPSA) is 86.9 Å². The van der Waals surface area contributed by atoms with Crippen molar-refractivity contribution in [3.8, 4) is 11.3 Å². The highest BCUT2D eigenvalue weighted by Crippen LogP contribution is 2.17. The number of nitrogens with two attached hydrogens (primary N) is 2. The third kappa shape index (κ3) is 2.72. The minimum absolute atomic E-state index is 0.219. The second kappa shape index (κ2) is 4.97. The lowest BCUT2D eigenvalue weighted by atomic mass is 10.1. The first-order valence-electron chi connectivity index (χ1n) is 5.40.